The average Bonchev–Trinajstić information content (AvgIpc) is 3.24. The van der Waals surface area contributed by atoms with E-state index < -0.39 is 23.4 Å². The maximum Gasteiger partial charge on any atom is 0.123 e. The number of rotatable bonds is 6. The molecule has 1 aromatic rings. The second-order valence-corrected chi connectivity index (χ2v) is 17.2. The Morgan fingerprint density at radius 2 is 1.60 bits per heavy atom. The molecule has 4 fully saturated rings. The Morgan fingerprint density at radius 3 is 2.24 bits per heavy atom. The molecule has 4 aliphatic rings. The number of aliphatic hydroxyl groups excluding tert-OH is 2. The van der Waals surface area contributed by atoms with E-state index in [0.717, 1.165) is 49.7 Å². The molecule has 5 heteroatoms. The van der Waals surface area contributed by atoms with Gasteiger partial charge in [0.15, 0.2) is 0 Å². The van der Waals surface area contributed by atoms with Crippen molar-refractivity contribution in [3.63, 3.8) is 0 Å². The van der Waals surface area contributed by atoms with Crippen LogP contribution < -0.4 is 0 Å². The van der Waals surface area contributed by atoms with E-state index in [-0.39, 0.29) is 45.2 Å². The molecule has 0 radical (unpaired) electrons. The second-order valence-electron chi connectivity index (χ2n) is 17.2. The molecule has 4 aliphatic carbocycles. The van der Waals surface area contributed by atoms with E-state index in [2.05, 4.69) is 34.6 Å². The fourth-order valence-electron chi connectivity index (χ4n) is 11.5. The summed E-state index contributed by atoms with van der Waals surface area (Å²) in [6.07, 6.45) is 8.37. The van der Waals surface area contributed by atoms with Crippen LogP contribution in [-0.4, -0.2) is 43.8 Å². The zero-order valence-electron chi connectivity index (χ0n) is 27.4. The smallest absolute Gasteiger partial charge is 0.123 e. The summed E-state index contributed by atoms with van der Waals surface area (Å²) >= 11 is 0. The van der Waals surface area contributed by atoms with E-state index >= 15 is 0 Å². The van der Waals surface area contributed by atoms with Crippen LogP contribution in [0.2, 0.25) is 0 Å². The Balaban J connectivity index is 1.48. The van der Waals surface area contributed by atoms with Crippen molar-refractivity contribution in [2.24, 2.45) is 45.3 Å². The van der Waals surface area contributed by atoms with Gasteiger partial charge in [-0.25, -0.2) is 4.39 Å². The molecule has 0 amide bonds. The van der Waals surface area contributed by atoms with Crippen LogP contribution in [0.5, 0.6) is 0 Å². The lowest BCUT2D eigenvalue weighted by Gasteiger charge is -2.70. The topological polar surface area (TPSA) is 80.9 Å². The number of hydrogen-bond acceptors (Lipinski definition) is 4. The van der Waals surface area contributed by atoms with Crippen molar-refractivity contribution < 1.29 is 24.8 Å². The molecule has 0 spiro atoms. The molecule has 0 heterocycles. The standard InChI is InChI=1S/C37H57FO4/c1-32(2,41)15-10-16-37(8,42)26-13-17-36(7)30(26)27(39)21-29-34(5)22-24(19-23-11-9-12-25(38)20-23)31(40)33(3,4)28(34)14-18-35(29,36)6/h9,11-12,19-20,26-31,39-42H,10,13-18,21-22H2,1-8H3/b24-19+/t26-,27+,28-,29+,30-,31-,34-,35+,36+,37+/m0/s1. The Kier molecular flexibility index (Phi) is 7.95. The Labute approximate surface area is 253 Å². The van der Waals surface area contributed by atoms with Gasteiger partial charge in [-0.05, 0) is 147 Å². The molecule has 10 atom stereocenters. The van der Waals surface area contributed by atoms with Gasteiger partial charge in [-0.3, -0.25) is 0 Å². The molecule has 0 saturated heterocycles. The monoisotopic (exact) mass is 584 g/mol. The number of fused-ring (bicyclic) bond motifs is 5. The van der Waals surface area contributed by atoms with E-state index in [1.165, 1.54) is 12.1 Å². The van der Waals surface area contributed by atoms with Crippen LogP contribution in [0.4, 0.5) is 4.39 Å². The molecule has 0 aliphatic heterocycles. The normalized spacial score (nSPS) is 43.8. The summed E-state index contributed by atoms with van der Waals surface area (Å²) in [5.41, 5.74) is -0.491. The highest BCUT2D eigenvalue weighted by atomic mass is 19.1. The molecular weight excluding hydrogens is 527 g/mol. The minimum atomic E-state index is -0.892. The summed E-state index contributed by atoms with van der Waals surface area (Å²) in [4.78, 5) is 0. The summed E-state index contributed by atoms with van der Waals surface area (Å²) < 4.78 is 14.1. The summed E-state index contributed by atoms with van der Waals surface area (Å²) in [6, 6.07) is 6.61. The van der Waals surface area contributed by atoms with E-state index in [1.807, 2.05) is 32.9 Å². The summed E-state index contributed by atoms with van der Waals surface area (Å²) in [7, 11) is 0. The van der Waals surface area contributed by atoms with Gasteiger partial charge in [0.2, 0.25) is 0 Å². The van der Waals surface area contributed by atoms with Crippen molar-refractivity contribution in [2.75, 3.05) is 0 Å². The van der Waals surface area contributed by atoms with Gasteiger partial charge < -0.3 is 20.4 Å². The Morgan fingerprint density at radius 1 is 0.929 bits per heavy atom. The Hall–Kier alpha value is -1.27. The third-order valence-corrected chi connectivity index (χ3v) is 13.7. The molecule has 1 aromatic carbocycles. The summed E-state index contributed by atoms with van der Waals surface area (Å²) in [5, 5.41) is 45.8. The molecule has 236 valence electrons. The molecule has 0 bridgehead atoms. The number of aliphatic hydroxyl groups is 4. The van der Waals surface area contributed by atoms with Crippen LogP contribution in [0, 0.1) is 51.1 Å². The van der Waals surface area contributed by atoms with Gasteiger partial charge in [-0.2, -0.15) is 0 Å². The fraction of sp³-hybridized carbons (Fsp3) is 0.784. The van der Waals surface area contributed by atoms with Crippen molar-refractivity contribution in [1.82, 2.24) is 0 Å². The van der Waals surface area contributed by atoms with E-state index in [4.69, 9.17) is 0 Å². The third kappa shape index (κ3) is 5.03. The quantitative estimate of drug-likeness (QED) is 0.279. The number of benzene rings is 1. The number of hydrogen-bond donors (Lipinski definition) is 4. The lowest BCUT2D eigenvalue weighted by atomic mass is 9.34. The molecule has 4 saturated carbocycles. The zero-order valence-corrected chi connectivity index (χ0v) is 27.4. The first kappa shape index (κ1) is 32.1. The van der Waals surface area contributed by atoms with E-state index in [9.17, 15) is 24.8 Å². The van der Waals surface area contributed by atoms with Crippen LogP contribution in [0.3, 0.4) is 0 Å². The fourth-order valence-corrected chi connectivity index (χ4v) is 11.5. The van der Waals surface area contributed by atoms with E-state index in [1.54, 1.807) is 6.07 Å². The van der Waals surface area contributed by atoms with Crippen molar-refractivity contribution >= 4 is 6.08 Å². The first-order valence-electron chi connectivity index (χ1n) is 16.5. The largest absolute Gasteiger partial charge is 0.393 e. The van der Waals surface area contributed by atoms with Crippen molar-refractivity contribution in [3.8, 4) is 0 Å². The lowest BCUT2D eigenvalue weighted by Crippen LogP contribution is -2.66. The zero-order chi connectivity index (χ0) is 31.1. The summed E-state index contributed by atoms with van der Waals surface area (Å²) in [5.74, 6) is 0.347. The molecule has 0 unspecified atom stereocenters. The highest BCUT2D eigenvalue weighted by Gasteiger charge is 2.71. The highest BCUT2D eigenvalue weighted by Crippen LogP contribution is 2.76. The maximum atomic E-state index is 14.1. The number of halogens is 1. The van der Waals surface area contributed by atoms with E-state index in [0.29, 0.717) is 25.2 Å². The Bertz CT molecular complexity index is 1200. The molecule has 42 heavy (non-hydrogen) atoms. The van der Waals surface area contributed by atoms with Gasteiger partial charge in [0.25, 0.3) is 0 Å². The molecule has 4 N–H and O–H groups in total. The van der Waals surface area contributed by atoms with Gasteiger partial charge in [-0.1, -0.05) is 52.8 Å². The van der Waals surface area contributed by atoms with Crippen LogP contribution in [0.25, 0.3) is 6.08 Å². The predicted octanol–water partition coefficient (Wildman–Crippen LogP) is 7.53. The minimum Gasteiger partial charge on any atom is -0.393 e. The summed E-state index contributed by atoms with van der Waals surface area (Å²) in [6.45, 7) is 17.3. The SMILES string of the molecule is CC(C)(O)CCC[C@@](C)(O)[C@H]1CC[C@]2(C)[C@@H]1[C@H](O)C[C@@H]1[C@@]3(C)C/C(=C\c4cccc(F)c4)[C@H](O)C(C)(C)[C@@H]3CC[C@]12C. The average molecular weight is 585 g/mol. The van der Waals surface area contributed by atoms with Gasteiger partial charge >= 0.3 is 0 Å². The predicted molar refractivity (Wildman–Crippen MR) is 167 cm³/mol. The van der Waals surface area contributed by atoms with Crippen LogP contribution >= 0.6 is 0 Å². The van der Waals surface area contributed by atoms with Crippen molar-refractivity contribution in [2.45, 2.75) is 137 Å². The second kappa shape index (κ2) is 10.4. The first-order valence-corrected chi connectivity index (χ1v) is 16.5. The minimum absolute atomic E-state index is 0.0115. The van der Waals surface area contributed by atoms with Gasteiger partial charge in [-0.15, -0.1) is 0 Å². The first-order chi connectivity index (χ1) is 19.3. The van der Waals surface area contributed by atoms with Crippen molar-refractivity contribution in [1.29, 1.82) is 0 Å². The van der Waals surface area contributed by atoms with Gasteiger partial charge in [0.05, 0.1) is 23.4 Å². The molecule has 4 nitrogen and oxygen atoms in total. The van der Waals surface area contributed by atoms with Gasteiger partial charge in [0, 0.05) is 0 Å². The van der Waals surface area contributed by atoms with Crippen LogP contribution in [-0.2, 0) is 0 Å². The van der Waals surface area contributed by atoms with Crippen molar-refractivity contribution in [3.05, 3.63) is 41.2 Å². The van der Waals surface area contributed by atoms with Crippen LogP contribution in [0.1, 0.15) is 119 Å². The lowest BCUT2D eigenvalue weighted by molar-refractivity contribution is -0.238. The third-order valence-electron chi connectivity index (χ3n) is 13.7. The molecule has 0 aromatic heterocycles. The highest BCUT2D eigenvalue weighted by molar-refractivity contribution is 5.55. The molecular formula is C37H57FO4. The van der Waals surface area contributed by atoms with Crippen LogP contribution in [0.15, 0.2) is 29.8 Å². The molecule has 5 rings (SSSR count). The maximum absolute atomic E-state index is 14.1. The van der Waals surface area contributed by atoms with Gasteiger partial charge in [0.1, 0.15) is 5.82 Å².